The lowest BCUT2D eigenvalue weighted by Gasteiger charge is -2.23. The summed E-state index contributed by atoms with van der Waals surface area (Å²) in [5.41, 5.74) is 2.58. The number of aromatic nitrogens is 2. The molecule has 2 heterocycles. The summed E-state index contributed by atoms with van der Waals surface area (Å²) in [6, 6.07) is 16.2. The first-order chi connectivity index (χ1) is 13.0. The number of anilines is 1. The van der Waals surface area contributed by atoms with Crippen molar-refractivity contribution in [1.29, 1.82) is 0 Å². The minimum Gasteiger partial charge on any atom is -0.548 e. The third kappa shape index (κ3) is 3.10. The van der Waals surface area contributed by atoms with E-state index in [0.717, 1.165) is 10.9 Å². The van der Waals surface area contributed by atoms with Crippen LogP contribution in [0.5, 0.6) is 0 Å². The lowest BCUT2D eigenvalue weighted by atomic mass is 10.0. The summed E-state index contributed by atoms with van der Waals surface area (Å²) in [4.78, 5) is 20.8. The maximum absolute atomic E-state index is 11.6. The Morgan fingerprint density at radius 3 is 2.44 bits per heavy atom. The Hall–Kier alpha value is -3.41. The molecule has 0 amide bonds. The number of nitrogens with one attached hydrogen (secondary N) is 1. The Balaban J connectivity index is 1.96. The highest BCUT2D eigenvalue weighted by molar-refractivity contribution is 6.06. The highest BCUT2D eigenvalue weighted by Crippen LogP contribution is 2.33. The zero-order chi connectivity index (χ0) is 19.0. The first kappa shape index (κ1) is 17.0. The van der Waals surface area contributed by atoms with Gasteiger partial charge in [0.15, 0.2) is 17.2 Å². The summed E-state index contributed by atoms with van der Waals surface area (Å²) in [6.07, 6.45) is 0. The van der Waals surface area contributed by atoms with Gasteiger partial charge < -0.3 is 19.6 Å². The fourth-order valence-electron chi connectivity index (χ4n) is 3.05. The molecule has 2 aromatic heterocycles. The van der Waals surface area contributed by atoms with Gasteiger partial charge in [-0.25, -0.2) is 9.97 Å². The van der Waals surface area contributed by atoms with E-state index in [-0.39, 0.29) is 5.92 Å². The second-order valence-electron chi connectivity index (χ2n) is 6.72. The summed E-state index contributed by atoms with van der Waals surface area (Å²) in [6.45, 7) is 3.62. The van der Waals surface area contributed by atoms with E-state index in [9.17, 15) is 9.90 Å². The number of carbonyl (C=O) groups is 1. The van der Waals surface area contributed by atoms with Crippen LogP contribution in [0.25, 0.3) is 33.5 Å². The molecule has 0 bridgehead atoms. The van der Waals surface area contributed by atoms with E-state index in [1.165, 1.54) is 0 Å². The minimum absolute atomic E-state index is 0.190. The molecule has 0 unspecified atom stereocenters. The normalized spacial score (nSPS) is 12.6. The van der Waals surface area contributed by atoms with Crippen LogP contribution < -0.4 is 10.4 Å². The number of benzene rings is 2. The molecule has 0 saturated heterocycles. The van der Waals surface area contributed by atoms with Crippen LogP contribution in [0.15, 0.2) is 59.0 Å². The zero-order valence-corrected chi connectivity index (χ0v) is 15.0. The van der Waals surface area contributed by atoms with Crippen LogP contribution in [-0.4, -0.2) is 22.0 Å². The van der Waals surface area contributed by atoms with E-state index in [2.05, 4.69) is 15.3 Å². The molecule has 136 valence electrons. The molecule has 4 rings (SSSR count). The molecule has 0 radical (unpaired) electrons. The first-order valence-corrected chi connectivity index (χ1v) is 8.76. The van der Waals surface area contributed by atoms with Crippen LogP contribution in [0, 0.1) is 5.92 Å². The van der Waals surface area contributed by atoms with Crippen LogP contribution in [-0.2, 0) is 4.79 Å². The Bertz CT molecular complexity index is 1120. The minimum atomic E-state index is -1.19. The van der Waals surface area contributed by atoms with Crippen LogP contribution in [0.1, 0.15) is 13.8 Å². The van der Waals surface area contributed by atoms with E-state index < -0.39 is 12.0 Å². The van der Waals surface area contributed by atoms with Crippen LogP contribution in [0.4, 0.5) is 5.82 Å². The molecule has 1 atom stereocenters. The number of carboxylic acids is 1. The second-order valence-corrected chi connectivity index (χ2v) is 6.72. The van der Waals surface area contributed by atoms with Crippen molar-refractivity contribution in [3.63, 3.8) is 0 Å². The summed E-state index contributed by atoms with van der Waals surface area (Å²) in [5, 5.41) is 15.4. The van der Waals surface area contributed by atoms with Gasteiger partial charge in [0.2, 0.25) is 0 Å². The van der Waals surface area contributed by atoms with Crippen LogP contribution in [0.2, 0.25) is 0 Å². The number of nitrogens with zero attached hydrogens (tertiary/aromatic N) is 2. The number of carbonyl (C=O) groups excluding carboxylic acids is 1. The lowest BCUT2D eigenvalue weighted by molar-refractivity contribution is -0.307. The summed E-state index contributed by atoms with van der Waals surface area (Å²) >= 11 is 0. The molecule has 0 fully saturated rings. The van der Waals surface area contributed by atoms with Crippen molar-refractivity contribution in [3.8, 4) is 11.4 Å². The summed E-state index contributed by atoms with van der Waals surface area (Å²) in [7, 11) is 0. The van der Waals surface area contributed by atoms with Crippen molar-refractivity contribution in [2.45, 2.75) is 19.9 Å². The number of fused-ring (bicyclic) bond motifs is 3. The van der Waals surface area contributed by atoms with Gasteiger partial charge in [0.25, 0.3) is 0 Å². The van der Waals surface area contributed by atoms with Crippen LogP contribution in [0.3, 0.4) is 0 Å². The van der Waals surface area contributed by atoms with E-state index >= 15 is 0 Å². The van der Waals surface area contributed by atoms with Crippen molar-refractivity contribution in [2.24, 2.45) is 5.92 Å². The summed E-state index contributed by atoms with van der Waals surface area (Å²) in [5.74, 6) is -0.533. The highest BCUT2D eigenvalue weighted by atomic mass is 16.4. The third-order valence-electron chi connectivity index (χ3n) is 4.46. The third-order valence-corrected chi connectivity index (χ3v) is 4.46. The van der Waals surface area contributed by atoms with Gasteiger partial charge in [-0.15, -0.1) is 0 Å². The van der Waals surface area contributed by atoms with Gasteiger partial charge in [0.05, 0.1) is 12.0 Å². The van der Waals surface area contributed by atoms with Crippen molar-refractivity contribution in [2.75, 3.05) is 5.32 Å². The average molecular weight is 360 g/mol. The predicted molar refractivity (Wildman–Crippen MR) is 102 cm³/mol. The summed E-state index contributed by atoms with van der Waals surface area (Å²) < 4.78 is 5.93. The largest absolute Gasteiger partial charge is 0.548 e. The van der Waals surface area contributed by atoms with E-state index in [1.54, 1.807) is 0 Å². The maximum atomic E-state index is 11.6. The molecule has 6 nitrogen and oxygen atoms in total. The first-order valence-electron chi connectivity index (χ1n) is 8.76. The second kappa shape index (κ2) is 6.72. The molecular formula is C21H18N3O3-. The Labute approximate surface area is 155 Å². The average Bonchev–Trinajstić information content (AvgIpc) is 3.05. The van der Waals surface area contributed by atoms with Crippen molar-refractivity contribution < 1.29 is 14.3 Å². The molecule has 0 aliphatic rings. The Morgan fingerprint density at radius 1 is 1.04 bits per heavy atom. The fraction of sp³-hybridized carbons (Fsp3) is 0.190. The number of hydrogen-bond donors (Lipinski definition) is 1. The fourth-order valence-corrected chi connectivity index (χ4v) is 3.05. The number of para-hydroxylation sites is 1. The lowest BCUT2D eigenvalue weighted by Crippen LogP contribution is -2.44. The highest BCUT2D eigenvalue weighted by Gasteiger charge is 2.21. The van der Waals surface area contributed by atoms with Gasteiger partial charge in [0.1, 0.15) is 11.1 Å². The van der Waals surface area contributed by atoms with Crippen molar-refractivity contribution in [1.82, 2.24) is 9.97 Å². The van der Waals surface area contributed by atoms with Gasteiger partial charge in [-0.2, -0.15) is 0 Å². The van der Waals surface area contributed by atoms with Crippen molar-refractivity contribution in [3.05, 3.63) is 54.6 Å². The van der Waals surface area contributed by atoms with Gasteiger partial charge in [-0.3, -0.25) is 0 Å². The number of hydrogen-bond acceptors (Lipinski definition) is 6. The SMILES string of the molecule is CC(C)[C@@H](Nc1nc(-c2ccccc2)nc2c1oc1ccccc12)C(=O)[O-]. The molecule has 0 aliphatic heterocycles. The van der Waals surface area contributed by atoms with Gasteiger partial charge >= 0.3 is 0 Å². The van der Waals surface area contributed by atoms with E-state index in [0.29, 0.717) is 28.3 Å². The Kier molecular flexibility index (Phi) is 4.24. The number of aliphatic carboxylic acids is 1. The molecule has 6 heteroatoms. The number of furan rings is 1. The maximum Gasteiger partial charge on any atom is 0.196 e. The van der Waals surface area contributed by atoms with E-state index in [1.807, 2.05) is 68.4 Å². The molecule has 0 spiro atoms. The standard InChI is InChI=1S/C21H19N3O3/c1-12(2)16(21(25)26)22-20-18-17(14-10-6-7-11-15(14)27-18)23-19(24-20)13-8-4-3-5-9-13/h3-12,16H,1-2H3,(H,25,26)(H,22,23,24)/p-1/t16-/m1/s1. The molecule has 0 saturated carbocycles. The monoisotopic (exact) mass is 360 g/mol. The molecule has 27 heavy (non-hydrogen) atoms. The van der Waals surface area contributed by atoms with Gasteiger partial charge in [0, 0.05) is 10.9 Å². The molecule has 2 aromatic carbocycles. The predicted octanol–water partition coefficient (Wildman–Crippen LogP) is 3.23. The van der Waals surface area contributed by atoms with Crippen LogP contribution >= 0.6 is 0 Å². The van der Waals surface area contributed by atoms with Crippen molar-refractivity contribution >= 4 is 33.9 Å². The molecule has 0 aliphatic carbocycles. The van der Waals surface area contributed by atoms with Gasteiger partial charge in [-0.05, 0) is 18.1 Å². The van der Waals surface area contributed by atoms with E-state index in [4.69, 9.17) is 4.42 Å². The molecule has 1 N–H and O–H groups in total. The Morgan fingerprint density at radius 2 is 1.74 bits per heavy atom. The van der Waals surface area contributed by atoms with Gasteiger partial charge in [-0.1, -0.05) is 56.3 Å². The number of rotatable bonds is 5. The smallest absolute Gasteiger partial charge is 0.196 e. The molecule has 4 aromatic rings. The number of carboxylic acid groups (broad SMARTS) is 1. The topological polar surface area (TPSA) is 91.1 Å². The zero-order valence-electron chi connectivity index (χ0n) is 15.0. The quantitative estimate of drug-likeness (QED) is 0.587. The molecular weight excluding hydrogens is 342 g/mol.